The van der Waals surface area contributed by atoms with Crippen LogP contribution in [0.2, 0.25) is 0 Å². The quantitative estimate of drug-likeness (QED) is 0.712. The number of fused-ring (bicyclic) bond motifs is 2. The number of para-hydroxylation sites is 1. The second-order valence-electron chi connectivity index (χ2n) is 5.45. The first kappa shape index (κ1) is 15.8. The van der Waals surface area contributed by atoms with Crippen LogP contribution in [-0.2, 0) is 17.8 Å². The number of carbonyl (C=O) groups is 1. The summed E-state index contributed by atoms with van der Waals surface area (Å²) in [5, 5.41) is 6.89. The Morgan fingerprint density at radius 2 is 2.04 bits per heavy atom. The Balaban J connectivity index is 0.000000526. The van der Waals surface area contributed by atoms with Gasteiger partial charge in [0.1, 0.15) is 5.52 Å². The molecule has 1 aliphatic heterocycles. The van der Waals surface area contributed by atoms with E-state index in [2.05, 4.69) is 39.1 Å². The first-order valence-corrected chi connectivity index (χ1v) is 7.68. The van der Waals surface area contributed by atoms with E-state index in [-0.39, 0.29) is 12.0 Å². The van der Waals surface area contributed by atoms with Crippen LogP contribution >= 0.6 is 0 Å². The summed E-state index contributed by atoms with van der Waals surface area (Å²) in [6.07, 6.45) is 4.47. The summed E-state index contributed by atoms with van der Waals surface area (Å²) >= 11 is 0. The molecule has 0 bridgehead atoms. The molecule has 0 saturated carbocycles. The van der Waals surface area contributed by atoms with Gasteiger partial charge in [0.05, 0.1) is 11.8 Å². The highest BCUT2D eigenvalue weighted by Crippen LogP contribution is 2.26. The number of H-pyrrole nitrogens is 1. The minimum atomic E-state index is -0.250. The molecule has 0 radical (unpaired) electrons. The zero-order valence-electron chi connectivity index (χ0n) is 13.1. The molecular weight excluding hydrogens is 308 g/mol. The maximum atomic E-state index is 12.3. The first-order valence-electron chi connectivity index (χ1n) is 7.68. The van der Waals surface area contributed by atoms with Gasteiger partial charge < -0.3 is 15.0 Å². The highest BCUT2D eigenvalue weighted by molar-refractivity contribution is 5.73. The van der Waals surface area contributed by atoms with Crippen LogP contribution in [0.25, 0.3) is 11.0 Å². The van der Waals surface area contributed by atoms with Crippen molar-refractivity contribution >= 4 is 23.2 Å². The van der Waals surface area contributed by atoms with Crippen molar-refractivity contribution in [2.75, 3.05) is 18.0 Å². The van der Waals surface area contributed by atoms with Gasteiger partial charge in [0, 0.05) is 31.5 Å². The molecule has 0 spiro atoms. The highest BCUT2D eigenvalue weighted by atomic mass is 16.3. The monoisotopic (exact) mass is 326 g/mol. The average molecular weight is 326 g/mol. The van der Waals surface area contributed by atoms with E-state index in [1.165, 1.54) is 11.3 Å². The molecule has 4 rings (SSSR count). The molecule has 1 aliphatic rings. The van der Waals surface area contributed by atoms with Gasteiger partial charge in [-0.3, -0.25) is 14.2 Å². The van der Waals surface area contributed by atoms with Crippen LogP contribution in [-0.4, -0.2) is 39.2 Å². The lowest BCUT2D eigenvalue weighted by Crippen LogP contribution is -2.30. The summed E-state index contributed by atoms with van der Waals surface area (Å²) in [5.74, 6) is 0. The molecule has 124 valence electrons. The lowest BCUT2D eigenvalue weighted by molar-refractivity contribution is -0.122. The van der Waals surface area contributed by atoms with Crippen LogP contribution in [0.5, 0.6) is 0 Å². The molecule has 1 aromatic carbocycles. The molecular formula is C17H18N4O3. The fraction of sp³-hybridized carbons (Fsp3) is 0.235. The van der Waals surface area contributed by atoms with E-state index in [9.17, 15) is 4.79 Å². The second kappa shape index (κ2) is 6.99. The van der Waals surface area contributed by atoms with Crippen molar-refractivity contribution in [1.29, 1.82) is 0 Å². The molecule has 7 heteroatoms. The Kier molecular flexibility index (Phi) is 4.60. The first-order chi connectivity index (χ1) is 11.7. The molecule has 2 aromatic heterocycles. The van der Waals surface area contributed by atoms with Crippen LogP contribution in [0.15, 0.2) is 47.7 Å². The van der Waals surface area contributed by atoms with Gasteiger partial charge in [0.25, 0.3) is 12.0 Å². The maximum Gasteiger partial charge on any atom is 0.290 e. The fourth-order valence-corrected chi connectivity index (χ4v) is 2.99. The maximum absolute atomic E-state index is 12.3. The summed E-state index contributed by atoms with van der Waals surface area (Å²) in [6.45, 7) is 2.24. The Hall–Kier alpha value is -3.09. The highest BCUT2D eigenvalue weighted by Gasteiger charge is 2.18. The molecule has 0 aliphatic carbocycles. The van der Waals surface area contributed by atoms with E-state index >= 15 is 0 Å². The van der Waals surface area contributed by atoms with Crippen molar-refractivity contribution in [3.63, 3.8) is 0 Å². The van der Waals surface area contributed by atoms with Crippen LogP contribution in [0.1, 0.15) is 5.56 Å². The molecule has 0 atom stereocenters. The summed E-state index contributed by atoms with van der Waals surface area (Å²) in [5.41, 5.74) is 3.99. The largest absolute Gasteiger partial charge is 0.483 e. The topological polar surface area (TPSA) is 91.2 Å². The smallest absolute Gasteiger partial charge is 0.290 e. The Morgan fingerprint density at radius 3 is 2.88 bits per heavy atom. The number of benzene rings is 1. The van der Waals surface area contributed by atoms with Crippen LogP contribution in [0.3, 0.4) is 0 Å². The molecule has 0 saturated heterocycles. The normalized spacial score (nSPS) is 12.6. The van der Waals surface area contributed by atoms with Gasteiger partial charge >= 0.3 is 0 Å². The average Bonchev–Trinajstić information content (AvgIpc) is 3.22. The lowest BCUT2D eigenvalue weighted by atomic mass is 10.2. The summed E-state index contributed by atoms with van der Waals surface area (Å²) in [7, 11) is 0. The molecule has 0 fully saturated rings. The molecule has 2 N–H and O–H groups in total. The van der Waals surface area contributed by atoms with E-state index in [4.69, 9.17) is 9.90 Å². The summed E-state index contributed by atoms with van der Waals surface area (Å²) < 4.78 is 1.68. The van der Waals surface area contributed by atoms with E-state index in [1.807, 2.05) is 6.07 Å². The Labute approximate surface area is 138 Å². The number of aromatic amines is 1. The van der Waals surface area contributed by atoms with Crippen molar-refractivity contribution in [1.82, 2.24) is 14.5 Å². The van der Waals surface area contributed by atoms with Gasteiger partial charge in [0.2, 0.25) is 0 Å². The van der Waals surface area contributed by atoms with Crippen LogP contribution < -0.4 is 10.5 Å². The summed E-state index contributed by atoms with van der Waals surface area (Å²) in [6, 6.07) is 10.3. The molecule has 3 heterocycles. The number of anilines is 1. The van der Waals surface area contributed by atoms with Gasteiger partial charge in [-0.15, -0.1) is 0 Å². The van der Waals surface area contributed by atoms with E-state index in [0.717, 1.165) is 25.0 Å². The molecule has 24 heavy (non-hydrogen) atoms. The van der Waals surface area contributed by atoms with Crippen molar-refractivity contribution < 1.29 is 9.90 Å². The second-order valence-corrected chi connectivity index (χ2v) is 5.45. The third-order valence-corrected chi connectivity index (χ3v) is 4.13. The third-order valence-electron chi connectivity index (χ3n) is 4.13. The zero-order valence-corrected chi connectivity index (χ0v) is 13.1. The van der Waals surface area contributed by atoms with Gasteiger partial charge in [0.15, 0.2) is 0 Å². The number of carboxylic acid groups (broad SMARTS) is 1. The number of nitrogens with zero attached hydrogens (tertiary/aromatic N) is 3. The van der Waals surface area contributed by atoms with E-state index < -0.39 is 0 Å². The minimum Gasteiger partial charge on any atom is -0.483 e. The predicted octanol–water partition coefficient (Wildman–Crippen LogP) is 1.49. The molecule has 7 nitrogen and oxygen atoms in total. The van der Waals surface area contributed by atoms with Crippen molar-refractivity contribution in [3.8, 4) is 0 Å². The Bertz CT molecular complexity index is 900. The molecule has 0 amide bonds. The number of hydrogen-bond acceptors (Lipinski definition) is 4. The standard InChI is InChI=1S/C16H16N4O.CH2O2/c21-16-15-13(5-7-17-15)18-11-20(16)10-9-19-8-6-12-3-1-2-4-14(12)19;2-1-3/h1-5,7,11,17H,6,8-10H2;1H,(H,2,3). The van der Waals surface area contributed by atoms with Gasteiger partial charge in [-0.05, 0) is 24.1 Å². The Morgan fingerprint density at radius 1 is 1.25 bits per heavy atom. The number of hydrogen-bond donors (Lipinski definition) is 2. The third kappa shape index (κ3) is 3.01. The molecule has 3 aromatic rings. The zero-order chi connectivity index (χ0) is 16.9. The van der Waals surface area contributed by atoms with Crippen LogP contribution in [0.4, 0.5) is 5.69 Å². The fourth-order valence-electron chi connectivity index (χ4n) is 2.99. The number of nitrogens with one attached hydrogen (secondary N) is 1. The lowest BCUT2D eigenvalue weighted by Gasteiger charge is -2.19. The number of aromatic nitrogens is 3. The summed E-state index contributed by atoms with van der Waals surface area (Å²) in [4.78, 5) is 30.3. The van der Waals surface area contributed by atoms with Gasteiger partial charge in [-0.2, -0.15) is 0 Å². The van der Waals surface area contributed by atoms with E-state index in [1.54, 1.807) is 17.1 Å². The van der Waals surface area contributed by atoms with Crippen molar-refractivity contribution in [2.24, 2.45) is 0 Å². The minimum absolute atomic E-state index is 0.00233. The van der Waals surface area contributed by atoms with Crippen molar-refractivity contribution in [3.05, 3.63) is 58.8 Å². The SMILES string of the molecule is O=CO.O=c1c2[nH]ccc2ncn1CCN1CCc2ccccc21. The van der Waals surface area contributed by atoms with Crippen LogP contribution in [0, 0.1) is 0 Å². The molecule has 0 unspecified atom stereocenters. The van der Waals surface area contributed by atoms with Gasteiger partial charge in [-0.1, -0.05) is 18.2 Å². The van der Waals surface area contributed by atoms with E-state index in [0.29, 0.717) is 12.1 Å². The van der Waals surface area contributed by atoms with Crippen molar-refractivity contribution in [2.45, 2.75) is 13.0 Å². The van der Waals surface area contributed by atoms with Gasteiger partial charge in [-0.25, -0.2) is 4.98 Å². The predicted molar refractivity (Wildman–Crippen MR) is 91.4 cm³/mol. The number of rotatable bonds is 3.